The Hall–Kier alpha value is -0.157. The minimum atomic E-state index is -0.383. The van der Waals surface area contributed by atoms with Gasteiger partial charge in [0.2, 0.25) is 0 Å². The molecule has 2 atom stereocenters. The van der Waals surface area contributed by atoms with Crippen molar-refractivity contribution in [3.05, 3.63) is 45.6 Å². The topological polar surface area (TPSA) is 0 Å². The molecule has 0 N–H and O–H groups in total. The third kappa shape index (κ3) is 2.10. The van der Waals surface area contributed by atoms with Crippen molar-refractivity contribution in [2.24, 2.45) is 0 Å². The van der Waals surface area contributed by atoms with Gasteiger partial charge in [-0.2, -0.15) is 0 Å². The summed E-state index contributed by atoms with van der Waals surface area (Å²) in [6.07, 6.45) is 19.6. The van der Waals surface area contributed by atoms with Gasteiger partial charge in [-0.25, -0.2) is 0 Å². The summed E-state index contributed by atoms with van der Waals surface area (Å²) in [6, 6.07) is 0. The van der Waals surface area contributed by atoms with Crippen molar-refractivity contribution in [1.82, 2.24) is 0 Å². The van der Waals surface area contributed by atoms with Crippen LogP contribution >= 0.6 is 0 Å². The maximum atomic E-state index is 2.66. The van der Waals surface area contributed by atoms with Crippen molar-refractivity contribution in [2.75, 3.05) is 0 Å². The first-order chi connectivity index (χ1) is 10.4. The van der Waals surface area contributed by atoms with E-state index in [2.05, 4.69) is 12.2 Å². The van der Waals surface area contributed by atoms with Crippen molar-refractivity contribution in [1.29, 1.82) is 0 Å². The van der Waals surface area contributed by atoms with E-state index in [1.165, 1.54) is 64.2 Å². The van der Waals surface area contributed by atoms with Gasteiger partial charge in [0.1, 0.15) is 0 Å². The van der Waals surface area contributed by atoms with Crippen LogP contribution in [0.25, 0.3) is 0 Å². The summed E-state index contributed by atoms with van der Waals surface area (Å²) in [6.45, 7) is 0. The van der Waals surface area contributed by atoms with E-state index in [0.29, 0.717) is 0 Å². The molecule has 2 unspecified atom stereocenters. The molecule has 21 heavy (non-hydrogen) atoms. The summed E-state index contributed by atoms with van der Waals surface area (Å²) in [4.78, 5) is 0. The van der Waals surface area contributed by atoms with Crippen LogP contribution in [0.5, 0.6) is 0 Å². The molecule has 1 heterocycles. The molecule has 0 aromatic carbocycles. The molecule has 1 aliphatic heterocycles. The molecule has 1 fully saturated rings. The summed E-state index contributed by atoms with van der Waals surface area (Å²) in [5, 5.41) is 0. The van der Waals surface area contributed by atoms with E-state index in [0.717, 1.165) is 7.25 Å². The minimum Gasteiger partial charge on any atom is -1.00 e. The average Bonchev–Trinajstić information content (AvgIpc) is 3.00. The van der Waals surface area contributed by atoms with E-state index < -0.39 is 0 Å². The normalized spacial score (nSPS) is 33.9. The Morgan fingerprint density at radius 2 is 1.14 bits per heavy atom. The van der Waals surface area contributed by atoms with Crippen LogP contribution in [-0.2, 0) is 23.2 Å². The predicted octanol–water partition coefficient (Wildman–Crippen LogP) is 6.29. The van der Waals surface area contributed by atoms with Crippen LogP contribution in [0, 0.1) is 0 Å². The molecule has 0 nitrogen and oxygen atoms in total. The Balaban J connectivity index is 0.000000781. The summed E-state index contributed by atoms with van der Waals surface area (Å²) >= 11 is -0.383. The fraction of sp³-hybridized carbons (Fsp3) is 0.600. The smallest absolute Gasteiger partial charge is 1.00 e. The molecule has 5 rings (SSSR count). The quantitative estimate of drug-likeness (QED) is 0.478. The van der Waals surface area contributed by atoms with E-state index in [1.807, 2.05) is 22.3 Å². The second kappa shape index (κ2) is 5.19. The summed E-state index contributed by atoms with van der Waals surface area (Å²) in [7, 11) is 0. The van der Waals surface area contributed by atoms with Crippen LogP contribution in [0.15, 0.2) is 45.6 Å². The molecule has 1 heteroatoms. The predicted molar refractivity (Wildman–Crippen MR) is 86.1 cm³/mol. The molecule has 1 saturated heterocycles. The van der Waals surface area contributed by atoms with Gasteiger partial charge in [-0.05, 0) is 0 Å². The van der Waals surface area contributed by atoms with Crippen LogP contribution in [0.3, 0.4) is 0 Å². The molecule has 0 radical (unpaired) electrons. The molecule has 0 aromatic rings. The van der Waals surface area contributed by atoms with Gasteiger partial charge in [-0.1, -0.05) is 0 Å². The van der Waals surface area contributed by atoms with Crippen LogP contribution in [-0.4, -0.2) is 0 Å². The Labute approximate surface area is 143 Å². The molecule has 0 aromatic heterocycles. The van der Waals surface area contributed by atoms with Gasteiger partial charge in [-0.3, -0.25) is 0 Å². The third-order valence-electron chi connectivity index (χ3n) is 6.30. The van der Waals surface area contributed by atoms with Crippen molar-refractivity contribution < 1.29 is 26.1 Å². The Morgan fingerprint density at radius 1 is 0.667 bits per heavy atom. The van der Waals surface area contributed by atoms with Gasteiger partial charge < -0.3 is 2.85 Å². The van der Waals surface area contributed by atoms with Gasteiger partial charge in [-0.15, -0.1) is 0 Å². The van der Waals surface area contributed by atoms with Gasteiger partial charge in [0.15, 0.2) is 0 Å². The molecule has 5 aliphatic rings. The monoisotopic (exact) mass is 356 g/mol. The first-order valence-electron chi connectivity index (χ1n) is 9.01. The molecule has 0 saturated carbocycles. The summed E-state index contributed by atoms with van der Waals surface area (Å²) in [5.41, 5.74) is 11.2. The SMILES string of the molecule is C1=C2CCC3=CC4=C(CCCC4)[CH]3[Zr+2][CH]2C2=C1CCCC2.[H-].[H-]. The number of hydrogen-bond donors (Lipinski definition) is 0. The summed E-state index contributed by atoms with van der Waals surface area (Å²) < 4.78 is 2.02. The average molecular weight is 358 g/mol. The zero-order chi connectivity index (χ0) is 13.8. The van der Waals surface area contributed by atoms with Gasteiger partial charge in [0.05, 0.1) is 0 Å². The summed E-state index contributed by atoms with van der Waals surface area (Å²) in [5.74, 6) is 0. The van der Waals surface area contributed by atoms with Crippen LogP contribution in [0.2, 0.25) is 7.25 Å². The minimum absolute atomic E-state index is 0. The van der Waals surface area contributed by atoms with Crippen molar-refractivity contribution >= 4 is 0 Å². The first-order valence-corrected chi connectivity index (χ1v) is 11.8. The fourth-order valence-corrected chi connectivity index (χ4v) is 10.9. The van der Waals surface area contributed by atoms with Gasteiger partial charge in [0.25, 0.3) is 0 Å². The number of fused-ring (bicyclic) bond motifs is 4. The largest absolute Gasteiger partial charge is 1.00 e. The number of hydrogen-bond acceptors (Lipinski definition) is 0. The van der Waals surface area contributed by atoms with Gasteiger partial charge in [0, 0.05) is 0 Å². The van der Waals surface area contributed by atoms with Crippen molar-refractivity contribution in [2.45, 2.75) is 71.5 Å². The molecule has 110 valence electrons. The maximum absolute atomic E-state index is 2.66. The first kappa shape index (κ1) is 13.3. The molecular formula is C20H26Zr. The molecule has 0 amide bonds. The molecule has 4 aliphatic carbocycles. The fourth-order valence-electron chi connectivity index (χ4n) is 5.26. The van der Waals surface area contributed by atoms with Crippen LogP contribution in [0.4, 0.5) is 0 Å². The van der Waals surface area contributed by atoms with Crippen molar-refractivity contribution in [3.8, 4) is 0 Å². The van der Waals surface area contributed by atoms with E-state index in [-0.39, 0.29) is 26.1 Å². The number of rotatable bonds is 0. The number of allylic oxidation sites excluding steroid dienone is 8. The zero-order valence-electron chi connectivity index (χ0n) is 14.9. The van der Waals surface area contributed by atoms with Gasteiger partial charge >= 0.3 is 140 Å². The van der Waals surface area contributed by atoms with Crippen LogP contribution < -0.4 is 0 Å². The van der Waals surface area contributed by atoms with Crippen molar-refractivity contribution in [3.63, 3.8) is 0 Å². The van der Waals surface area contributed by atoms with E-state index >= 15 is 0 Å². The molecule has 0 bridgehead atoms. The maximum Gasteiger partial charge on any atom is -1.00 e. The second-order valence-corrected chi connectivity index (χ2v) is 11.1. The second-order valence-electron chi connectivity index (χ2n) is 7.49. The molecular weight excluding hydrogens is 331 g/mol. The Bertz CT molecular complexity index is 570. The Kier molecular flexibility index (Phi) is 3.29. The third-order valence-corrected chi connectivity index (χ3v) is 11.5. The molecule has 0 spiro atoms. The zero-order valence-corrected chi connectivity index (χ0v) is 15.3. The van der Waals surface area contributed by atoms with Crippen LogP contribution in [0.1, 0.15) is 67.1 Å². The van der Waals surface area contributed by atoms with E-state index in [1.54, 1.807) is 11.1 Å². The van der Waals surface area contributed by atoms with E-state index in [9.17, 15) is 0 Å². The standard InChI is InChI=1S/C20H24.Zr.2H/c1-2-6-18-12-15(11-17(18)5-1)9-10-16-13-19-7-3-4-8-20(19)14-16;;;/h11-14H,1-10H2;;;/q;+2;2*-1. The Morgan fingerprint density at radius 3 is 1.67 bits per heavy atom. The van der Waals surface area contributed by atoms with E-state index in [4.69, 9.17) is 0 Å².